The quantitative estimate of drug-likeness (QED) is 0.407. The van der Waals surface area contributed by atoms with Gasteiger partial charge in [-0.2, -0.15) is 4.98 Å². The van der Waals surface area contributed by atoms with Crippen molar-refractivity contribution in [1.82, 2.24) is 14.9 Å². The molecule has 3 rings (SSSR count). The predicted octanol–water partition coefficient (Wildman–Crippen LogP) is 4.99. The molecule has 1 aliphatic rings. The fraction of sp³-hybridized carbons (Fsp3) is 0.545. The highest BCUT2D eigenvalue weighted by molar-refractivity contribution is 7.98. The summed E-state index contributed by atoms with van der Waals surface area (Å²) in [6.45, 7) is 2.60. The van der Waals surface area contributed by atoms with E-state index < -0.39 is 0 Å². The van der Waals surface area contributed by atoms with E-state index in [0.29, 0.717) is 24.2 Å². The average molecular weight is 429 g/mol. The topological polar surface area (TPSA) is 82.5 Å². The van der Waals surface area contributed by atoms with Crippen molar-refractivity contribution in [3.63, 3.8) is 0 Å². The lowest BCUT2D eigenvalue weighted by atomic mass is 9.82. The Hall–Kier alpha value is -2.19. The third kappa shape index (κ3) is 6.40. The normalized spacial score (nSPS) is 18.9. The summed E-state index contributed by atoms with van der Waals surface area (Å²) in [5.74, 6) is 2.40. The number of thioether (sulfide) groups is 1. The van der Waals surface area contributed by atoms with Crippen LogP contribution in [0, 0.1) is 16.7 Å². The maximum atomic E-state index is 11.2. The summed E-state index contributed by atoms with van der Waals surface area (Å²) in [4.78, 5) is 23.5. The second-order valence-corrected chi connectivity index (χ2v) is 9.06. The maximum Gasteiger partial charge on any atom is 0.225 e. The van der Waals surface area contributed by atoms with Crippen LogP contribution >= 0.6 is 11.8 Å². The Balaban J connectivity index is 1.56. The van der Waals surface area contributed by atoms with Gasteiger partial charge in [-0.15, -0.1) is 16.7 Å². The number of nitroso groups, excluding NO2 is 1. The Kier molecular flexibility index (Phi) is 8.45. The van der Waals surface area contributed by atoms with Crippen molar-refractivity contribution in [2.75, 3.05) is 44.1 Å². The summed E-state index contributed by atoms with van der Waals surface area (Å²) in [6.07, 6.45) is 8.48. The average Bonchev–Trinajstić information content (AvgIpc) is 2.77. The van der Waals surface area contributed by atoms with Gasteiger partial charge in [-0.3, -0.25) is 0 Å². The largest absolute Gasteiger partial charge is 0.368 e. The van der Waals surface area contributed by atoms with E-state index in [1.165, 1.54) is 48.9 Å². The number of hydrogen-bond donors (Lipinski definition) is 2. The molecular formula is C22H32N6OS. The molecule has 1 aromatic heterocycles. The summed E-state index contributed by atoms with van der Waals surface area (Å²) in [7, 11) is 4.28. The molecule has 0 saturated heterocycles. The van der Waals surface area contributed by atoms with Crippen LogP contribution in [0.1, 0.15) is 31.2 Å². The Morgan fingerprint density at radius 1 is 1.13 bits per heavy atom. The highest BCUT2D eigenvalue weighted by Gasteiger charge is 2.22. The van der Waals surface area contributed by atoms with Gasteiger partial charge in [0.2, 0.25) is 5.95 Å². The lowest BCUT2D eigenvalue weighted by Gasteiger charge is -2.30. The summed E-state index contributed by atoms with van der Waals surface area (Å²) in [6, 6.07) is 8.25. The summed E-state index contributed by atoms with van der Waals surface area (Å²) < 4.78 is 0. The minimum Gasteiger partial charge on any atom is -0.368 e. The van der Waals surface area contributed by atoms with Gasteiger partial charge in [0.25, 0.3) is 0 Å². The molecule has 1 aliphatic carbocycles. The van der Waals surface area contributed by atoms with Gasteiger partial charge < -0.3 is 15.5 Å². The van der Waals surface area contributed by atoms with E-state index in [1.807, 2.05) is 12.1 Å². The number of aromatic nitrogens is 2. The van der Waals surface area contributed by atoms with E-state index >= 15 is 0 Å². The second-order valence-electron chi connectivity index (χ2n) is 8.21. The van der Waals surface area contributed by atoms with E-state index in [1.54, 1.807) is 11.8 Å². The van der Waals surface area contributed by atoms with Crippen molar-refractivity contribution in [2.24, 2.45) is 17.0 Å². The monoisotopic (exact) mass is 428 g/mol. The minimum absolute atomic E-state index is 0.256. The van der Waals surface area contributed by atoms with Crippen LogP contribution in [0.25, 0.3) is 0 Å². The van der Waals surface area contributed by atoms with Crippen molar-refractivity contribution in [3.8, 4) is 0 Å². The minimum atomic E-state index is 0.256. The molecule has 0 amide bonds. The molecule has 8 heteroatoms. The molecule has 1 aromatic carbocycles. The molecule has 2 aromatic rings. The van der Waals surface area contributed by atoms with Crippen molar-refractivity contribution in [3.05, 3.63) is 40.9 Å². The van der Waals surface area contributed by atoms with Crippen LogP contribution in [0.4, 0.5) is 17.5 Å². The molecule has 7 nitrogen and oxygen atoms in total. The fourth-order valence-electron chi connectivity index (χ4n) is 4.06. The summed E-state index contributed by atoms with van der Waals surface area (Å²) >= 11 is 1.71. The molecule has 0 radical (unpaired) electrons. The van der Waals surface area contributed by atoms with Crippen molar-refractivity contribution in [2.45, 2.75) is 37.1 Å². The fourth-order valence-corrected chi connectivity index (χ4v) is 4.67. The molecular weight excluding hydrogens is 396 g/mol. The van der Waals surface area contributed by atoms with Crippen LogP contribution in [0.2, 0.25) is 0 Å². The molecule has 0 bridgehead atoms. The summed E-state index contributed by atoms with van der Waals surface area (Å²) in [5, 5.41) is 9.71. The lowest BCUT2D eigenvalue weighted by molar-refractivity contribution is 0.228. The molecule has 1 saturated carbocycles. The molecule has 0 atom stereocenters. The van der Waals surface area contributed by atoms with E-state index in [-0.39, 0.29) is 5.69 Å². The van der Waals surface area contributed by atoms with E-state index in [0.717, 1.165) is 12.5 Å². The summed E-state index contributed by atoms with van der Waals surface area (Å²) in [5.41, 5.74) is 1.45. The number of rotatable bonds is 10. The van der Waals surface area contributed by atoms with E-state index in [2.05, 4.69) is 63.2 Å². The van der Waals surface area contributed by atoms with Crippen LogP contribution in [-0.2, 0) is 6.54 Å². The number of nitrogens with one attached hydrogen (secondary N) is 2. The number of benzene rings is 1. The second kappa shape index (κ2) is 11.3. The molecule has 162 valence electrons. The van der Waals surface area contributed by atoms with Crippen molar-refractivity contribution in [1.29, 1.82) is 0 Å². The van der Waals surface area contributed by atoms with Crippen LogP contribution in [0.15, 0.2) is 40.5 Å². The Morgan fingerprint density at radius 2 is 1.87 bits per heavy atom. The molecule has 0 spiro atoms. The molecule has 2 N–H and O–H groups in total. The highest BCUT2D eigenvalue weighted by Crippen LogP contribution is 2.30. The number of anilines is 2. The third-order valence-corrected chi connectivity index (χ3v) is 6.48. The van der Waals surface area contributed by atoms with E-state index in [9.17, 15) is 4.91 Å². The Bertz CT molecular complexity index is 823. The Morgan fingerprint density at radius 3 is 2.57 bits per heavy atom. The SMILES string of the molecule is CSc1ccccc1CNc1ncc(N=O)c(NCC2CCC(CN(C)C)CC2)n1. The highest BCUT2D eigenvalue weighted by atomic mass is 32.2. The van der Waals surface area contributed by atoms with Gasteiger partial charge in [0.1, 0.15) is 0 Å². The van der Waals surface area contributed by atoms with Gasteiger partial charge in [-0.05, 0) is 74.7 Å². The first-order chi connectivity index (χ1) is 14.6. The lowest BCUT2D eigenvalue weighted by Crippen LogP contribution is -2.28. The first-order valence-corrected chi connectivity index (χ1v) is 11.8. The van der Waals surface area contributed by atoms with Gasteiger partial charge in [0, 0.05) is 24.5 Å². The molecule has 0 aliphatic heterocycles. The van der Waals surface area contributed by atoms with Gasteiger partial charge in [0.05, 0.1) is 6.20 Å². The van der Waals surface area contributed by atoms with Crippen molar-refractivity contribution < 1.29 is 0 Å². The van der Waals surface area contributed by atoms with E-state index in [4.69, 9.17) is 0 Å². The van der Waals surface area contributed by atoms with Gasteiger partial charge in [-0.25, -0.2) is 4.98 Å². The third-order valence-electron chi connectivity index (χ3n) is 5.65. The first kappa shape index (κ1) is 22.5. The molecule has 30 heavy (non-hydrogen) atoms. The zero-order valence-electron chi connectivity index (χ0n) is 18.1. The zero-order chi connectivity index (χ0) is 21.3. The number of hydrogen-bond acceptors (Lipinski definition) is 8. The van der Waals surface area contributed by atoms with Gasteiger partial charge in [0.15, 0.2) is 11.5 Å². The van der Waals surface area contributed by atoms with Crippen molar-refractivity contribution >= 4 is 29.2 Å². The molecule has 1 fully saturated rings. The molecule has 0 unspecified atom stereocenters. The van der Waals surface area contributed by atoms with Crippen LogP contribution < -0.4 is 10.6 Å². The maximum absolute atomic E-state index is 11.2. The Labute approximate surface area is 183 Å². The number of nitrogens with zero attached hydrogens (tertiary/aromatic N) is 4. The molecule has 1 heterocycles. The standard InChI is InChI=1S/C22H32N6OS/c1-28(2)15-17-10-8-16(9-11-17)12-23-21-19(27-29)14-25-22(26-21)24-13-18-6-4-5-7-20(18)30-3/h4-7,14,16-17H,8-13,15H2,1-3H3,(H2,23,24,25,26). The van der Waals surface area contributed by atoms with Gasteiger partial charge in [-0.1, -0.05) is 18.2 Å². The van der Waals surface area contributed by atoms with Crippen LogP contribution in [0.5, 0.6) is 0 Å². The smallest absolute Gasteiger partial charge is 0.225 e. The first-order valence-electron chi connectivity index (χ1n) is 10.5. The predicted molar refractivity (Wildman–Crippen MR) is 126 cm³/mol. The van der Waals surface area contributed by atoms with Crippen LogP contribution in [-0.4, -0.2) is 48.3 Å². The van der Waals surface area contributed by atoms with Gasteiger partial charge >= 0.3 is 0 Å². The zero-order valence-corrected chi connectivity index (χ0v) is 18.9. The van der Waals surface area contributed by atoms with Crippen LogP contribution in [0.3, 0.4) is 0 Å².